The Labute approximate surface area is 100 Å². The highest BCUT2D eigenvalue weighted by Gasteiger charge is 2.51. The maximum atomic E-state index is 12.6. The maximum absolute atomic E-state index is 12.6. The number of hydroxylamine groups is 2. The third-order valence-corrected chi connectivity index (χ3v) is 3.43. The average Bonchev–Trinajstić information content (AvgIpc) is 2.84. The van der Waals surface area contributed by atoms with E-state index in [1.165, 1.54) is 0 Å². The first-order chi connectivity index (χ1) is 8.33. The van der Waals surface area contributed by atoms with Crippen LogP contribution in [0, 0.1) is 0 Å². The van der Waals surface area contributed by atoms with Gasteiger partial charge in [0.2, 0.25) is 11.5 Å². The second-order valence-electron chi connectivity index (χ2n) is 4.43. The molecule has 1 aromatic rings. The van der Waals surface area contributed by atoms with Crippen molar-refractivity contribution in [3.05, 3.63) is 35.9 Å². The minimum Gasteiger partial charge on any atom is -0.322 e. The fraction of sp³-hybridized carbons (Fsp3) is 0.462. The molecule has 1 aromatic carbocycles. The molecule has 0 aliphatic carbocycles. The number of rotatable bonds is 2. The number of benzene rings is 1. The van der Waals surface area contributed by atoms with Crippen molar-refractivity contribution in [2.45, 2.75) is 25.0 Å². The van der Waals surface area contributed by atoms with Crippen molar-refractivity contribution in [3.63, 3.8) is 0 Å². The van der Waals surface area contributed by atoms with E-state index in [2.05, 4.69) is 0 Å². The lowest BCUT2D eigenvalue weighted by Crippen LogP contribution is -2.53. The molecule has 3 rings (SSSR count). The lowest BCUT2D eigenvalue weighted by molar-refractivity contribution is -0.172. The van der Waals surface area contributed by atoms with Gasteiger partial charge < -0.3 is 4.74 Å². The Hall–Kier alpha value is -1.23. The molecule has 0 aromatic heterocycles. The molecule has 0 saturated carbocycles. The fourth-order valence-corrected chi connectivity index (χ4v) is 2.53. The van der Waals surface area contributed by atoms with Crippen molar-refractivity contribution >= 4 is 5.78 Å². The van der Waals surface area contributed by atoms with Crippen LogP contribution in [0.5, 0.6) is 0 Å². The number of hydrogen-bond acceptors (Lipinski definition) is 4. The molecule has 90 valence electrons. The van der Waals surface area contributed by atoms with Crippen LogP contribution in [0.25, 0.3) is 0 Å². The number of Topliss-reactive ketones (excluding diaryl/α,β-unsaturated/α-hetero) is 1. The Balaban J connectivity index is 1.94. The quantitative estimate of drug-likeness (QED) is 0.732. The molecule has 4 heteroatoms. The molecule has 0 radical (unpaired) electrons. The number of ketones is 1. The molecule has 0 spiro atoms. The van der Waals surface area contributed by atoms with Gasteiger partial charge in [-0.15, -0.1) is 5.06 Å². The number of hydrogen-bond donors (Lipinski definition) is 0. The standard InChI is InChI=1S/C13H15NO3/c15-12(11-6-2-1-3-7-11)13-8-4-5-9-14(13)17-10-16-13/h1-3,6-7H,4-5,8-10H2. The molecule has 2 aliphatic heterocycles. The summed E-state index contributed by atoms with van der Waals surface area (Å²) < 4.78 is 5.61. The molecule has 0 bridgehead atoms. The van der Waals surface area contributed by atoms with Crippen LogP contribution >= 0.6 is 0 Å². The van der Waals surface area contributed by atoms with E-state index in [0.29, 0.717) is 12.0 Å². The Morgan fingerprint density at radius 3 is 2.88 bits per heavy atom. The molecule has 0 N–H and O–H groups in total. The van der Waals surface area contributed by atoms with E-state index in [1.54, 1.807) is 5.06 Å². The van der Waals surface area contributed by atoms with Crippen LogP contribution in [-0.4, -0.2) is 29.9 Å². The third kappa shape index (κ3) is 1.69. The van der Waals surface area contributed by atoms with Gasteiger partial charge in [0, 0.05) is 18.5 Å². The number of ether oxygens (including phenoxy) is 1. The van der Waals surface area contributed by atoms with E-state index in [1.807, 2.05) is 30.3 Å². The lowest BCUT2D eigenvalue weighted by Gasteiger charge is -2.36. The van der Waals surface area contributed by atoms with E-state index in [-0.39, 0.29) is 12.6 Å². The predicted molar refractivity (Wildman–Crippen MR) is 61.1 cm³/mol. The molecule has 2 heterocycles. The van der Waals surface area contributed by atoms with E-state index in [4.69, 9.17) is 9.57 Å². The summed E-state index contributed by atoms with van der Waals surface area (Å²) in [7, 11) is 0. The lowest BCUT2D eigenvalue weighted by atomic mass is 9.92. The van der Waals surface area contributed by atoms with Crippen LogP contribution < -0.4 is 0 Å². The van der Waals surface area contributed by atoms with Crippen LogP contribution in [0.15, 0.2) is 30.3 Å². The minimum absolute atomic E-state index is 0.00954. The van der Waals surface area contributed by atoms with Gasteiger partial charge in [-0.05, 0) is 12.8 Å². The molecule has 2 saturated heterocycles. The molecular formula is C13H15NO3. The molecule has 17 heavy (non-hydrogen) atoms. The first-order valence-electron chi connectivity index (χ1n) is 5.97. The van der Waals surface area contributed by atoms with E-state index < -0.39 is 5.72 Å². The largest absolute Gasteiger partial charge is 0.322 e. The van der Waals surface area contributed by atoms with E-state index in [9.17, 15) is 4.79 Å². The van der Waals surface area contributed by atoms with Crippen LogP contribution in [0.3, 0.4) is 0 Å². The van der Waals surface area contributed by atoms with Crippen molar-refractivity contribution < 1.29 is 14.4 Å². The van der Waals surface area contributed by atoms with E-state index in [0.717, 1.165) is 19.4 Å². The van der Waals surface area contributed by atoms with Gasteiger partial charge in [-0.1, -0.05) is 30.3 Å². The molecule has 2 aliphatic rings. The zero-order valence-electron chi connectivity index (χ0n) is 9.59. The summed E-state index contributed by atoms with van der Waals surface area (Å²) in [6.45, 7) is 0.942. The molecular weight excluding hydrogens is 218 g/mol. The summed E-state index contributed by atoms with van der Waals surface area (Å²) in [4.78, 5) is 17.9. The first kappa shape index (κ1) is 10.9. The normalized spacial score (nSPS) is 28.9. The Morgan fingerprint density at radius 2 is 2.06 bits per heavy atom. The number of fused-ring (bicyclic) bond motifs is 1. The summed E-state index contributed by atoms with van der Waals surface area (Å²) >= 11 is 0. The van der Waals surface area contributed by atoms with Crippen molar-refractivity contribution in [1.29, 1.82) is 0 Å². The number of carbonyl (C=O) groups excluding carboxylic acids is 1. The Kier molecular flexibility index (Phi) is 2.70. The maximum Gasteiger partial charge on any atom is 0.212 e. The second kappa shape index (κ2) is 4.22. The van der Waals surface area contributed by atoms with Gasteiger partial charge in [-0.3, -0.25) is 9.63 Å². The van der Waals surface area contributed by atoms with Crippen molar-refractivity contribution in [2.24, 2.45) is 0 Å². The Morgan fingerprint density at radius 1 is 1.24 bits per heavy atom. The van der Waals surface area contributed by atoms with Crippen LogP contribution in [0.4, 0.5) is 0 Å². The van der Waals surface area contributed by atoms with Gasteiger partial charge >= 0.3 is 0 Å². The summed E-state index contributed by atoms with van der Waals surface area (Å²) in [5.41, 5.74) is -0.190. The molecule has 1 unspecified atom stereocenters. The zero-order chi connectivity index (χ0) is 11.7. The molecule has 4 nitrogen and oxygen atoms in total. The average molecular weight is 233 g/mol. The third-order valence-electron chi connectivity index (χ3n) is 3.43. The molecule has 1 atom stereocenters. The van der Waals surface area contributed by atoms with Crippen LogP contribution in [-0.2, 0) is 9.57 Å². The molecule has 0 amide bonds. The van der Waals surface area contributed by atoms with Gasteiger partial charge in [-0.25, -0.2) is 0 Å². The highest BCUT2D eigenvalue weighted by Crippen LogP contribution is 2.36. The minimum atomic E-state index is -0.875. The summed E-state index contributed by atoms with van der Waals surface area (Å²) in [5, 5.41) is 1.71. The van der Waals surface area contributed by atoms with Gasteiger partial charge in [-0.2, -0.15) is 0 Å². The van der Waals surface area contributed by atoms with Gasteiger partial charge in [0.25, 0.3) is 0 Å². The van der Waals surface area contributed by atoms with Crippen LogP contribution in [0.2, 0.25) is 0 Å². The Bertz CT molecular complexity index is 420. The number of piperidine rings is 1. The SMILES string of the molecule is O=C(c1ccccc1)C12CCCCN1OCO2. The monoisotopic (exact) mass is 233 g/mol. The van der Waals surface area contributed by atoms with Crippen LogP contribution in [0.1, 0.15) is 29.6 Å². The summed E-state index contributed by atoms with van der Waals surface area (Å²) in [5.74, 6) is 0.00954. The second-order valence-corrected chi connectivity index (χ2v) is 4.43. The smallest absolute Gasteiger partial charge is 0.212 e. The van der Waals surface area contributed by atoms with Gasteiger partial charge in [0.15, 0.2) is 6.79 Å². The van der Waals surface area contributed by atoms with Gasteiger partial charge in [0.05, 0.1) is 0 Å². The van der Waals surface area contributed by atoms with Crippen molar-refractivity contribution in [2.75, 3.05) is 13.3 Å². The highest BCUT2D eigenvalue weighted by molar-refractivity contribution is 6.02. The number of carbonyl (C=O) groups is 1. The van der Waals surface area contributed by atoms with Gasteiger partial charge in [0.1, 0.15) is 0 Å². The predicted octanol–water partition coefficient (Wildman–Crippen LogP) is 1.97. The summed E-state index contributed by atoms with van der Waals surface area (Å²) in [6.07, 6.45) is 2.76. The first-order valence-corrected chi connectivity index (χ1v) is 5.97. The molecule has 2 fully saturated rings. The summed E-state index contributed by atoms with van der Waals surface area (Å²) in [6, 6.07) is 9.29. The van der Waals surface area contributed by atoms with Crippen molar-refractivity contribution in [1.82, 2.24) is 5.06 Å². The topological polar surface area (TPSA) is 38.8 Å². The zero-order valence-corrected chi connectivity index (χ0v) is 9.59. The highest BCUT2D eigenvalue weighted by atomic mass is 16.9. The number of nitrogens with zero attached hydrogens (tertiary/aromatic N) is 1. The fourth-order valence-electron chi connectivity index (χ4n) is 2.53. The van der Waals surface area contributed by atoms with E-state index >= 15 is 0 Å². The van der Waals surface area contributed by atoms with Crippen molar-refractivity contribution in [3.8, 4) is 0 Å².